The molecule has 0 aliphatic heterocycles. The molecule has 0 aromatic heterocycles. The zero-order valence-electron chi connectivity index (χ0n) is 13.2. The van der Waals surface area contributed by atoms with E-state index in [2.05, 4.69) is 15.8 Å². The standard InChI is InChI=1S/C15H21N3O5/c1-3-23-13-9-11(5-6-12(13)19)10-17-18-15(21)14(20)16-7-4-8-22-2/h5-6,9-10,19H,3-4,7-8H2,1-2H3,(H,16,20)(H,18,21)/b17-10-. The Morgan fingerprint density at radius 1 is 1.35 bits per heavy atom. The fraction of sp³-hybridized carbons (Fsp3) is 0.400. The average Bonchev–Trinajstić information content (AvgIpc) is 2.54. The third-order valence-electron chi connectivity index (χ3n) is 2.68. The first-order chi connectivity index (χ1) is 11.1. The molecule has 23 heavy (non-hydrogen) atoms. The van der Waals surface area contributed by atoms with Crippen LogP contribution in [-0.2, 0) is 14.3 Å². The molecule has 0 unspecified atom stereocenters. The smallest absolute Gasteiger partial charge is 0.329 e. The van der Waals surface area contributed by atoms with Crippen LogP contribution in [0.2, 0.25) is 0 Å². The fourth-order valence-corrected chi connectivity index (χ4v) is 1.60. The SMILES string of the molecule is CCOc1cc(/C=N\NC(=O)C(=O)NCCCOC)ccc1O. The third kappa shape index (κ3) is 6.79. The maximum absolute atomic E-state index is 11.5. The van der Waals surface area contributed by atoms with Crippen LogP contribution in [0.1, 0.15) is 18.9 Å². The van der Waals surface area contributed by atoms with E-state index in [1.54, 1.807) is 26.2 Å². The molecule has 3 N–H and O–H groups in total. The predicted molar refractivity (Wildman–Crippen MR) is 84.5 cm³/mol. The molecule has 0 aliphatic carbocycles. The van der Waals surface area contributed by atoms with Gasteiger partial charge in [-0.25, -0.2) is 5.43 Å². The van der Waals surface area contributed by atoms with E-state index in [1.165, 1.54) is 12.3 Å². The first-order valence-corrected chi connectivity index (χ1v) is 7.14. The number of carbonyl (C=O) groups is 2. The number of ether oxygens (including phenoxy) is 2. The molecule has 0 radical (unpaired) electrons. The Morgan fingerprint density at radius 2 is 2.13 bits per heavy atom. The number of nitrogens with zero attached hydrogens (tertiary/aromatic N) is 1. The van der Waals surface area contributed by atoms with Crippen LogP contribution >= 0.6 is 0 Å². The van der Waals surface area contributed by atoms with Crippen molar-refractivity contribution in [1.29, 1.82) is 0 Å². The van der Waals surface area contributed by atoms with Gasteiger partial charge in [-0.2, -0.15) is 5.10 Å². The second-order valence-electron chi connectivity index (χ2n) is 4.46. The topological polar surface area (TPSA) is 109 Å². The highest BCUT2D eigenvalue weighted by atomic mass is 16.5. The summed E-state index contributed by atoms with van der Waals surface area (Å²) < 4.78 is 10.1. The van der Waals surface area contributed by atoms with Crippen molar-refractivity contribution in [1.82, 2.24) is 10.7 Å². The Labute approximate surface area is 134 Å². The lowest BCUT2D eigenvalue weighted by Crippen LogP contribution is -2.38. The van der Waals surface area contributed by atoms with E-state index in [4.69, 9.17) is 9.47 Å². The summed E-state index contributed by atoms with van der Waals surface area (Å²) in [5, 5.41) is 15.7. The normalized spacial score (nSPS) is 10.5. The number of phenols is 1. The molecule has 0 spiro atoms. The number of nitrogens with one attached hydrogen (secondary N) is 2. The summed E-state index contributed by atoms with van der Waals surface area (Å²) in [6, 6.07) is 4.62. The molecule has 0 fully saturated rings. The van der Waals surface area contributed by atoms with Crippen molar-refractivity contribution in [3.63, 3.8) is 0 Å². The number of hydrazone groups is 1. The number of methoxy groups -OCH3 is 1. The van der Waals surface area contributed by atoms with E-state index in [0.717, 1.165) is 0 Å². The summed E-state index contributed by atoms with van der Waals surface area (Å²) in [4.78, 5) is 22.9. The third-order valence-corrected chi connectivity index (χ3v) is 2.68. The zero-order chi connectivity index (χ0) is 17.1. The molecule has 0 saturated heterocycles. The molecular formula is C15H21N3O5. The number of hydrogen-bond donors (Lipinski definition) is 3. The molecule has 0 bridgehead atoms. The average molecular weight is 323 g/mol. The maximum Gasteiger partial charge on any atom is 0.329 e. The van der Waals surface area contributed by atoms with E-state index in [9.17, 15) is 14.7 Å². The van der Waals surface area contributed by atoms with Crippen LogP contribution in [0.3, 0.4) is 0 Å². The largest absolute Gasteiger partial charge is 0.504 e. The summed E-state index contributed by atoms with van der Waals surface area (Å²) in [6.07, 6.45) is 1.96. The summed E-state index contributed by atoms with van der Waals surface area (Å²) in [7, 11) is 1.56. The van der Waals surface area contributed by atoms with Crippen LogP contribution in [0.4, 0.5) is 0 Å². The summed E-state index contributed by atoms with van der Waals surface area (Å²) in [5.74, 6) is -1.29. The lowest BCUT2D eigenvalue weighted by atomic mass is 10.2. The van der Waals surface area contributed by atoms with Gasteiger partial charge in [-0.05, 0) is 37.1 Å². The van der Waals surface area contributed by atoms with E-state index in [0.29, 0.717) is 37.5 Å². The monoisotopic (exact) mass is 323 g/mol. The van der Waals surface area contributed by atoms with Crippen molar-refractivity contribution in [3.05, 3.63) is 23.8 Å². The number of rotatable bonds is 8. The van der Waals surface area contributed by atoms with Crippen molar-refractivity contribution in [2.24, 2.45) is 5.10 Å². The van der Waals surface area contributed by atoms with Crippen molar-refractivity contribution >= 4 is 18.0 Å². The highest BCUT2D eigenvalue weighted by Crippen LogP contribution is 2.26. The maximum atomic E-state index is 11.5. The van der Waals surface area contributed by atoms with Crippen LogP contribution in [0.5, 0.6) is 11.5 Å². The molecule has 0 heterocycles. The van der Waals surface area contributed by atoms with E-state index in [1.807, 2.05) is 0 Å². The molecule has 0 atom stereocenters. The Morgan fingerprint density at radius 3 is 2.83 bits per heavy atom. The van der Waals surface area contributed by atoms with Gasteiger partial charge in [-0.1, -0.05) is 0 Å². The Hall–Kier alpha value is -2.61. The highest BCUT2D eigenvalue weighted by molar-refractivity contribution is 6.35. The first kappa shape index (κ1) is 18.4. The van der Waals surface area contributed by atoms with Gasteiger partial charge in [0.25, 0.3) is 0 Å². The Kier molecular flexibility index (Phi) is 8.16. The minimum atomic E-state index is -0.859. The van der Waals surface area contributed by atoms with Crippen LogP contribution in [0.15, 0.2) is 23.3 Å². The van der Waals surface area contributed by atoms with Crippen LogP contribution < -0.4 is 15.5 Å². The van der Waals surface area contributed by atoms with E-state index < -0.39 is 11.8 Å². The van der Waals surface area contributed by atoms with Crippen molar-refractivity contribution in [2.45, 2.75) is 13.3 Å². The quantitative estimate of drug-likeness (QED) is 0.277. The van der Waals surface area contributed by atoms with Gasteiger partial charge in [0.2, 0.25) is 0 Å². The number of phenolic OH excluding ortho intramolecular Hbond substituents is 1. The van der Waals surface area contributed by atoms with Gasteiger partial charge in [-0.15, -0.1) is 0 Å². The van der Waals surface area contributed by atoms with E-state index >= 15 is 0 Å². The number of amides is 2. The first-order valence-electron chi connectivity index (χ1n) is 7.14. The van der Waals surface area contributed by atoms with Crippen LogP contribution in [-0.4, -0.2) is 50.0 Å². The second-order valence-corrected chi connectivity index (χ2v) is 4.46. The van der Waals surface area contributed by atoms with Gasteiger partial charge >= 0.3 is 11.8 Å². The lowest BCUT2D eigenvalue weighted by Gasteiger charge is -2.06. The molecule has 1 aromatic rings. The van der Waals surface area contributed by atoms with Gasteiger partial charge in [0.05, 0.1) is 12.8 Å². The molecule has 2 amide bonds. The minimum absolute atomic E-state index is 0.0171. The molecular weight excluding hydrogens is 302 g/mol. The molecule has 8 nitrogen and oxygen atoms in total. The number of hydrogen-bond acceptors (Lipinski definition) is 6. The molecule has 1 rings (SSSR count). The number of benzene rings is 1. The fourth-order valence-electron chi connectivity index (χ4n) is 1.60. The zero-order valence-corrected chi connectivity index (χ0v) is 13.2. The summed E-state index contributed by atoms with van der Waals surface area (Å²) in [6.45, 7) is 3.06. The molecule has 0 aliphatic rings. The molecule has 8 heteroatoms. The molecule has 1 aromatic carbocycles. The van der Waals surface area contributed by atoms with Crippen LogP contribution in [0.25, 0.3) is 0 Å². The second kappa shape index (κ2) is 10.2. The minimum Gasteiger partial charge on any atom is -0.504 e. The molecule has 126 valence electrons. The predicted octanol–water partition coefficient (Wildman–Crippen LogP) is 0.394. The number of aromatic hydroxyl groups is 1. The van der Waals surface area contributed by atoms with Gasteiger partial charge in [0.15, 0.2) is 11.5 Å². The summed E-state index contributed by atoms with van der Waals surface area (Å²) in [5.41, 5.74) is 2.73. The van der Waals surface area contributed by atoms with Crippen molar-refractivity contribution in [3.8, 4) is 11.5 Å². The highest BCUT2D eigenvalue weighted by Gasteiger charge is 2.11. The summed E-state index contributed by atoms with van der Waals surface area (Å²) >= 11 is 0. The Balaban J connectivity index is 2.47. The van der Waals surface area contributed by atoms with Gasteiger partial charge < -0.3 is 19.9 Å². The molecule has 0 saturated carbocycles. The van der Waals surface area contributed by atoms with Crippen molar-refractivity contribution < 1.29 is 24.2 Å². The van der Waals surface area contributed by atoms with Crippen LogP contribution in [0, 0.1) is 0 Å². The van der Waals surface area contributed by atoms with Gasteiger partial charge in [-0.3, -0.25) is 9.59 Å². The lowest BCUT2D eigenvalue weighted by molar-refractivity contribution is -0.139. The van der Waals surface area contributed by atoms with Gasteiger partial charge in [0.1, 0.15) is 0 Å². The van der Waals surface area contributed by atoms with Crippen molar-refractivity contribution in [2.75, 3.05) is 26.9 Å². The Bertz CT molecular complexity index is 560. The number of carbonyl (C=O) groups excluding carboxylic acids is 2. The van der Waals surface area contributed by atoms with Gasteiger partial charge in [0, 0.05) is 20.3 Å². The van der Waals surface area contributed by atoms with E-state index in [-0.39, 0.29) is 5.75 Å².